The van der Waals surface area contributed by atoms with Gasteiger partial charge in [0.05, 0.1) is 11.9 Å². The molecule has 0 aliphatic carbocycles. The molecule has 0 spiro atoms. The highest BCUT2D eigenvalue weighted by Gasteiger charge is 2.26. The summed E-state index contributed by atoms with van der Waals surface area (Å²) in [4.78, 5) is 42.4. The number of benzene rings is 3. The van der Waals surface area contributed by atoms with Crippen LogP contribution in [0, 0.1) is 0 Å². The van der Waals surface area contributed by atoms with Crippen LogP contribution in [0.5, 0.6) is 0 Å². The molecule has 2 amide bonds. The number of alkyl carbamates (subject to hydrolysis) is 1. The summed E-state index contributed by atoms with van der Waals surface area (Å²) in [6.07, 6.45) is 0.501. The van der Waals surface area contributed by atoms with Gasteiger partial charge >= 0.3 is 6.09 Å². The van der Waals surface area contributed by atoms with Gasteiger partial charge in [-0.1, -0.05) is 84.9 Å². The topological polar surface area (TPSA) is 123 Å². The number of aliphatic imine (C=N–C) groups is 1. The summed E-state index contributed by atoms with van der Waals surface area (Å²) in [5.41, 5.74) is 9.38. The zero-order valence-electron chi connectivity index (χ0n) is 22.4. The first-order valence-electron chi connectivity index (χ1n) is 13.0. The molecule has 0 aromatic heterocycles. The Labute approximate surface area is 229 Å². The molecule has 2 unspecified atom stereocenters. The minimum Gasteiger partial charge on any atom is -0.445 e. The normalized spacial score (nSPS) is 12.7. The average Bonchev–Trinajstić information content (AvgIpc) is 2.94. The van der Waals surface area contributed by atoms with Crippen LogP contribution in [-0.4, -0.2) is 42.2 Å². The fourth-order valence-corrected chi connectivity index (χ4v) is 4.02. The lowest BCUT2D eigenvalue weighted by molar-refractivity contribution is -0.128. The van der Waals surface area contributed by atoms with Gasteiger partial charge in [-0.05, 0) is 48.9 Å². The first kappa shape index (κ1) is 29.1. The van der Waals surface area contributed by atoms with Gasteiger partial charge in [-0.25, -0.2) is 4.79 Å². The summed E-state index contributed by atoms with van der Waals surface area (Å²) < 4.78 is 5.35. The Morgan fingerprint density at radius 1 is 0.795 bits per heavy atom. The molecule has 0 aliphatic heterocycles. The first-order chi connectivity index (χ1) is 18.8. The van der Waals surface area contributed by atoms with E-state index in [4.69, 9.17) is 10.5 Å². The number of nitrogens with one attached hydrogen (secondary N) is 2. The number of nitrogens with two attached hydrogens (primary N) is 1. The van der Waals surface area contributed by atoms with Crippen molar-refractivity contribution in [3.8, 4) is 11.1 Å². The van der Waals surface area contributed by atoms with Crippen LogP contribution in [0.2, 0.25) is 0 Å². The second-order valence-electron chi connectivity index (χ2n) is 9.36. The summed E-state index contributed by atoms with van der Waals surface area (Å²) in [5.74, 6) is -0.165. The van der Waals surface area contributed by atoms with Crippen LogP contribution < -0.4 is 16.4 Å². The van der Waals surface area contributed by atoms with Gasteiger partial charge in [0, 0.05) is 13.0 Å². The van der Waals surface area contributed by atoms with Gasteiger partial charge in [0.25, 0.3) is 0 Å². The minimum absolute atomic E-state index is 0.0733. The zero-order chi connectivity index (χ0) is 28.0. The number of amides is 2. The van der Waals surface area contributed by atoms with Crippen LogP contribution in [0.1, 0.15) is 37.8 Å². The number of ketones is 1. The molecule has 0 heterocycles. The molecule has 2 atom stereocenters. The summed E-state index contributed by atoms with van der Waals surface area (Å²) in [6, 6.07) is 25.4. The third-order valence-corrected chi connectivity index (χ3v) is 6.14. The molecule has 4 N–H and O–H groups in total. The molecule has 8 heteroatoms. The van der Waals surface area contributed by atoms with Crippen molar-refractivity contribution in [1.82, 2.24) is 10.6 Å². The Bertz CT molecular complexity index is 1240. The third kappa shape index (κ3) is 10.1. The van der Waals surface area contributed by atoms with Crippen molar-refractivity contribution in [2.24, 2.45) is 10.7 Å². The fraction of sp³-hybridized carbons (Fsp3) is 0.290. The van der Waals surface area contributed by atoms with Crippen molar-refractivity contribution < 1.29 is 19.1 Å². The van der Waals surface area contributed by atoms with Gasteiger partial charge in [0.1, 0.15) is 12.6 Å². The highest BCUT2D eigenvalue weighted by molar-refractivity contribution is 5.91. The molecule has 0 fully saturated rings. The highest BCUT2D eigenvalue weighted by Crippen LogP contribution is 2.20. The van der Waals surface area contributed by atoms with E-state index in [2.05, 4.69) is 15.6 Å². The number of carbonyl (C=O) groups is 3. The maximum Gasteiger partial charge on any atom is 0.408 e. The standard InChI is InChI=1S/C31H36N4O4/c1-22(36)28(14-9-19-33-23(2)32)34-30(37)29(35-31(38)39-21-25-10-5-3-6-11-25)20-24-15-17-27(18-16-24)26-12-7-4-8-13-26/h3-8,10-13,15-18,28-29H,9,14,19-21H2,1-2H3,(H2,32,33)(H,34,37)(H,35,38). The lowest BCUT2D eigenvalue weighted by Crippen LogP contribution is -2.52. The molecule has 0 aliphatic rings. The van der Waals surface area contributed by atoms with Crippen LogP contribution >= 0.6 is 0 Å². The predicted molar refractivity (Wildman–Crippen MR) is 153 cm³/mol. The summed E-state index contributed by atoms with van der Waals surface area (Å²) in [6.45, 7) is 3.66. The molecule has 0 saturated carbocycles. The van der Waals surface area contributed by atoms with Crippen LogP contribution in [0.3, 0.4) is 0 Å². The highest BCUT2D eigenvalue weighted by atomic mass is 16.5. The fourth-order valence-electron chi connectivity index (χ4n) is 4.02. The number of hydrogen-bond acceptors (Lipinski definition) is 5. The third-order valence-electron chi connectivity index (χ3n) is 6.14. The first-order valence-corrected chi connectivity index (χ1v) is 13.0. The van der Waals surface area contributed by atoms with Gasteiger partial charge in [0.15, 0.2) is 5.78 Å². The average molecular weight is 529 g/mol. The van der Waals surface area contributed by atoms with Crippen molar-refractivity contribution in [3.63, 3.8) is 0 Å². The van der Waals surface area contributed by atoms with Gasteiger partial charge in [0.2, 0.25) is 5.91 Å². The monoisotopic (exact) mass is 528 g/mol. The van der Waals surface area contributed by atoms with Crippen LogP contribution in [0.15, 0.2) is 89.9 Å². The van der Waals surface area contributed by atoms with Gasteiger partial charge < -0.3 is 21.1 Å². The predicted octanol–water partition coefficient (Wildman–Crippen LogP) is 4.42. The molecule has 0 bridgehead atoms. The second-order valence-corrected chi connectivity index (χ2v) is 9.36. The van der Waals surface area contributed by atoms with E-state index in [9.17, 15) is 14.4 Å². The van der Waals surface area contributed by atoms with E-state index in [1.807, 2.05) is 84.9 Å². The SMILES string of the molecule is CC(=O)C(CCCN=C(C)N)NC(=O)C(Cc1ccc(-c2ccccc2)cc1)NC(=O)OCc1ccccc1. The summed E-state index contributed by atoms with van der Waals surface area (Å²) in [5, 5.41) is 5.49. The number of rotatable bonds is 13. The number of ether oxygens (including phenoxy) is 1. The van der Waals surface area contributed by atoms with E-state index in [0.29, 0.717) is 25.2 Å². The van der Waals surface area contributed by atoms with Crippen molar-refractivity contribution in [2.75, 3.05) is 6.54 Å². The van der Waals surface area contributed by atoms with Gasteiger partial charge in [-0.3, -0.25) is 14.6 Å². The lowest BCUT2D eigenvalue weighted by Gasteiger charge is -2.22. The van der Waals surface area contributed by atoms with E-state index < -0.39 is 24.1 Å². The Morgan fingerprint density at radius 3 is 2.03 bits per heavy atom. The molecule has 3 aromatic carbocycles. The van der Waals surface area contributed by atoms with E-state index in [0.717, 1.165) is 22.3 Å². The molecule has 0 saturated heterocycles. The molecule has 3 aromatic rings. The van der Waals surface area contributed by atoms with Crippen LogP contribution in [0.4, 0.5) is 4.79 Å². The van der Waals surface area contributed by atoms with Crippen LogP contribution in [0.25, 0.3) is 11.1 Å². The van der Waals surface area contributed by atoms with Crippen LogP contribution in [-0.2, 0) is 27.4 Å². The van der Waals surface area contributed by atoms with E-state index in [1.54, 1.807) is 6.92 Å². The number of amidine groups is 1. The molecule has 8 nitrogen and oxygen atoms in total. The van der Waals surface area contributed by atoms with Crippen molar-refractivity contribution in [1.29, 1.82) is 0 Å². The molecule has 204 valence electrons. The number of Topliss-reactive ketones (excluding diaryl/α,β-unsaturated/α-hetero) is 1. The Balaban J connectivity index is 1.70. The lowest BCUT2D eigenvalue weighted by atomic mass is 10.00. The largest absolute Gasteiger partial charge is 0.445 e. The maximum absolute atomic E-state index is 13.3. The molecule has 0 radical (unpaired) electrons. The molecule has 3 rings (SSSR count). The van der Waals surface area contributed by atoms with E-state index >= 15 is 0 Å². The minimum atomic E-state index is -0.943. The Morgan fingerprint density at radius 2 is 1.41 bits per heavy atom. The van der Waals surface area contributed by atoms with Crippen molar-refractivity contribution in [3.05, 3.63) is 96.1 Å². The van der Waals surface area contributed by atoms with E-state index in [1.165, 1.54) is 6.92 Å². The summed E-state index contributed by atoms with van der Waals surface area (Å²) >= 11 is 0. The molecule has 39 heavy (non-hydrogen) atoms. The molecular weight excluding hydrogens is 492 g/mol. The number of carbonyl (C=O) groups excluding carboxylic acids is 3. The molecular formula is C31H36N4O4. The quantitative estimate of drug-likeness (QED) is 0.172. The number of hydrogen-bond donors (Lipinski definition) is 3. The van der Waals surface area contributed by atoms with E-state index in [-0.39, 0.29) is 18.8 Å². The smallest absolute Gasteiger partial charge is 0.408 e. The van der Waals surface area contributed by atoms with Crippen molar-refractivity contribution in [2.45, 2.75) is 51.8 Å². The van der Waals surface area contributed by atoms with Gasteiger partial charge in [-0.15, -0.1) is 0 Å². The Kier molecular flexibility index (Phi) is 11.2. The van der Waals surface area contributed by atoms with Crippen molar-refractivity contribution >= 4 is 23.6 Å². The Hall–Kier alpha value is -4.46. The summed E-state index contributed by atoms with van der Waals surface area (Å²) in [7, 11) is 0. The second kappa shape index (κ2) is 15.1. The van der Waals surface area contributed by atoms with Gasteiger partial charge in [-0.2, -0.15) is 0 Å². The number of nitrogens with zero attached hydrogens (tertiary/aromatic N) is 1. The maximum atomic E-state index is 13.3. The zero-order valence-corrected chi connectivity index (χ0v) is 22.4.